The van der Waals surface area contributed by atoms with Crippen molar-refractivity contribution in [3.05, 3.63) is 59.7 Å². The van der Waals surface area contributed by atoms with E-state index in [0.29, 0.717) is 0 Å². The van der Waals surface area contributed by atoms with Crippen LogP contribution in [0.1, 0.15) is 43.7 Å². The van der Waals surface area contributed by atoms with Gasteiger partial charge in [-0.15, -0.1) is 0 Å². The lowest BCUT2D eigenvalue weighted by Crippen LogP contribution is -2.60. The Morgan fingerprint density at radius 1 is 1.00 bits per heavy atom. The van der Waals surface area contributed by atoms with E-state index in [-0.39, 0.29) is 38.5 Å². The SMILES string of the molecule is CCC(CC)(NC(=O)OCC1c2ccccc2-c2ccccc21)C(=O)N(CCO)CC(=O)O. The molecule has 3 N–H and O–H groups in total. The molecule has 0 aliphatic heterocycles. The van der Waals surface area contributed by atoms with Crippen molar-refractivity contribution in [2.45, 2.75) is 38.1 Å². The van der Waals surface area contributed by atoms with Crippen LogP contribution in [0.15, 0.2) is 48.5 Å². The van der Waals surface area contributed by atoms with E-state index in [1.54, 1.807) is 13.8 Å². The zero-order chi connectivity index (χ0) is 24.0. The van der Waals surface area contributed by atoms with Crippen molar-refractivity contribution in [3.63, 3.8) is 0 Å². The minimum Gasteiger partial charge on any atom is -0.480 e. The molecule has 0 fully saturated rings. The van der Waals surface area contributed by atoms with E-state index in [1.807, 2.05) is 48.5 Å². The average Bonchev–Trinajstić information content (AvgIpc) is 3.14. The number of carbonyl (C=O) groups is 3. The van der Waals surface area contributed by atoms with Gasteiger partial charge in [-0.05, 0) is 35.1 Å². The summed E-state index contributed by atoms with van der Waals surface area (Å²) in [6.45, 7) is 2.50. The minimum absolute atomic E-state index is 0.104. The van der Waals surface area contributed by atoms with Crippen LogP contribution in [0.4, 0.5) is 4.79 Å². The maximum absolute atomic E-state index is 13.2. The first-order valence-corrected chi connectivity index (χ1v) is 11.1. The Labute approximate surface area is 193 Å². The van der Waals surface area contributed by atoms with Crippen LogP contribution < -0.4 is 5.32 Å². The van der Waals surface area contributed by atoms with E-state index in [9.17, 15) is 19.5 Å². The van der Waals surface area contributed by atoms with Crippen LogP contribution in [0.25, 0.3) is 11.1 Å². The summed E-state index contributed by atoms with van der Waals surface area (Å²) in [7, 11) is 0. The molecule has 8 heteroatoms. The fraction of sp³-hybridized carbons (Fsp3) is 0.400. The lowest BCUT2D eigenvalue weighted by atomic mass is 9.91. The van der Waals surface area contributed by atoms with Gasteiger partial charge in [-0.2, -0.15) is 0 Å². The average molecular weight is 455 g/mol. The standard InChI is InChI=1S/C25H30N2O6/c1-3-25(4-2,23(31)27(13-14-28)15-22(29)30)26-24(32)33-16-21-19-11-7-5-9-17(19)18-10-6-8-12-20(18)21/h5-12,21,28H,3-4,13-16H2,1-2H3,(H,26,32)(H,29,30). The van der Waals surface area contributed by atoms with Gasteiger partial charge in [0, 0.05) is 12.5 Å². The first-order valence-electron chi connectivity index (χ1n) is 11.1. The number of hydrogen-bond donors (Lipinski definition) is 3. The first-order chi connectivity index (χ1) is 15.9. The summed E-state index contributed by atoms with van der Waals surface area (Å²) in [6.07, 6.45) is -0.254. The molecule has 8 nitrogen and oxygen atoms in total. The molecule has 1 aliphatic rings. The summed E-state index contributed by atoms with van der Waals surface area (Å²) in [6, 6.07) is 16.0. The van der Waals surface area contributed by atoms with Crippen molar-refractivity contribution >= 4 is 18.0 Å². The van der Waals surface area contributed by atoms with Gasteiger partial charge >= 0.3 is 12.1 Å². The van der Waals surface area contributed by atoms with E-state index in [0.717, 1.165) is 27.2 Å². The second-order valence-electron chi connectivity index (χ2n) is 8.08. The number of carboxylic acids is 1. The summed E-state index contributed by atoms with van der Waals surface area (Å²) in [5.74, 6) is -1.87. The van der Waals surface area contributed by atoms with Gasteiger partial charge in [0.05, 0.1) is 6.61 Å². The summed E-state index contributed by atoms with van der Waals surface area (Å²) in [5.41, 5.74) is 3.06. The molecule has 1 aliphatic carbocycles. The molecular weight excluding hydrogens is 424 g/mol. The van der Waals surface area contributed by atoms with Crippen molar-refractivity contribution in [2.75, 3.05) is 26.3 Å². The molecule has 2 amide bonds. The number of carbonyl (C=O) groups excluding carboxylic acids is 2. The number of aliphatic hydroxyl groups excluding tert-OH is 1. The van der Waals surface area contributed by atoms with Gasteiger partial charge < -0.3 is 25.2 Å². The number of nitrogens with zero attached hydrogens (tertiary/aromatic N) is 1. The molecule has 3 rings (SSSR count). The molecule has 0 radical (unpaired) electrons. The molecule has 0 atom stereocenters. The van der Waals surface area contributed by atoms with Crippen molar-refractivity contribution in [1.82, 2.24) is 10.2 Å². The molecule has 33 heavy (non-hydrogen) atoms. The van der Waals surface area contributed by atoms with Crippen LogP contribution in [-0.2, 0) is 14.3 Å². The zero-order valence-electron chi connectivity index (χ0n) is 18.9. The largest absolute Gasteiger partial charge is 0.480 e. The van der Waals surface area contributed by atoms with Crippen LogP contribution >= 0.6 is 0 Å². The van der Waals surface area contributed by atoms with Gasteiger partial charge in [-0.1, -0.05) is 62.4 Å². The van der Waals surface area contributed by atoms with E-state index in [4.69, 9.17) is 9.84 Å². The Bertz CT molecular complexity index is 972. The quantitative estimate of drug-likeness (QED) is 0.508. The number of amides is 2. The third kappa shape index (κ3) is 5.01. The first kappa shape index (κ1) is 24.3. The number of hydrogen-bond acceptors (Lipinski definition) is 5. The molecule has 2 aromatic rings. The van der Waals surface area contributed by atoms with Gasteiger partial charge in [0.25, 0.3) is 0 Å². The van der Waals surface area contributed by atoms with Crippen molar-refractivity contribution < 1.29 is 29.3 Å². The van der Waals surface area contributed by atoms with Crippen LogP contribution in [0.3, 0.4) is 0 Å². The highest BCUT2D eigenvalue weighted by atomic mass is 16.5. The van der Waals surface area contributed by atoms with Crippen molar-refractivity contribution in [3.8, 4) is 11.1 Å². The molecule has 0 saturated heterocycles. The Balaban J connectivity index is 1.74. The normalized spacial score (nSPS) is 12.6. The third-order valence-corrected chi connectivity index (χ3v) is 6.28. The van der Waals surface area contributed by atoms with E-state index in [2.05, 4.69) is 5.32 Å². The highest BCUT2D eigenvalue weighted by molar-refractivity contribution is 5.92. The van der Waals surface area contributed by atoms with Gasteiger partial charge in [0.2, 0.25) is 5.91 Å². The molecule has 0 heterocycles. The van der Waals surface area contributed by atoms with Crippen LogP contribution in [0.2, 0.25) is 0 Å². The highest BCUT2D eigenvalue weighted by Crippen LogP contribution is 2.44. The zero-order valence-corrected chi connectivity index (χ0v) is 18.9. The number of aliphatic hydroxyl groups is 1. The van der Waals surface area contributed by atoms with Crippen LogP contribution in [-0.4, -0.2) is 64.9 Å². The van der Waals surface area contributed by atoms with Gasteiger partial charge in [0.1, 0.15) is 18.7 Å². The fourth-order valence-electron chi connectivity index (χ4n) is 4.45. The van der Waals surface area contributed by atoms with E-state index < -0.39 is 30.1 Å². The number of fused-ring (bicyclic) bond motifs is 3. The Kier molecular flexibility index (Phi) is 7.71. The number of alkyl carbamates (subject to hydrolysis) is 1. The summed E-state index contributed by atoms with van der Waals surface area (Å²) < 4.78 is 5.58. The summed E-state index contributed by atoms with van der Waals surface area (Å²) in [4.78, 5) is 38.2. The van der Waals surface area contributed by atoms with Crippen molar-refractivity contribution in [2.24, 2.45) is 0 Å². The minimum atomic E-state index is -1.33. The molecule has 2 aromatic carbocycles. The predicted molar refractivity (Wildman–Crippen MR) is 123 cm³/mol. The number of benzene rings is 2. The number of rotatable bonds is 10. The maximum atomic E-state index is 13.2. The molecule has 0 spiro atoms. The number of aliphatic carboxylic acids is 1. The second kappa shape index (κ2) is 10.5. The lowest BCUT2D eigenvalue weighted by Gasteiger charge is -2.35. The topological polar surface area (TPSA) is 116 Å². The fourth-order valence-corrected chi connectivity index (χ4v) is 4.45. The van der Waals surface area contributed by atoms with Gasteiger partial charge in [-0.25, -0.2) is 4.79 Å². The predicted octanol–water partition coefficient (Wildman–Crippen LogP) is 2.99. The van der Waals surface area contributed by atoms with Crippen molar-refractivity contribution in [1.29, 1.82) is 0 Å². The van der Waals surface area contributed by atoms with Gasteiger partial charge in [0.15, 0.2) is 0 Å². The Morgan fingerprint density at radius 2 is 1.55 bits per heavy atom. The molecule has 0 aromatic heterocycles. The Morgan fingerprint density at radius 3 is 2.03 bits per heavy atom. The number of ether oxygens (including phenoxy) is 1. The second-order valence-corrected chi connectivity index (χ2v) is 8.08. The molecule has 176 valence electrons. The number of carboxylic acid groups (broad SMARTS) is 1. The summed E-state index contributed by atoms with van der Waals surface area (Å²) >= 11 is 0. The lowest BCUT2D eigenvalue weighted by molar-refractivity contribution is -0.148. The van der Waals surface area contributed by atoms with Crippen LogP contribution in [0.5, 0.6) is 0 Å². The Hall–Kier alpha value is -3.39. The number of nitrogens with one attached hydrogen (secondary N) is 1. The monoisotopic (exact) mass is 454 g/mol. The highest BCUT2D eigenvalue weighted by Gasteiger charge is 2.41. The summed E-state index contributed by atoms with van der Waals surface area (Å²) in [5, 5.41) is 21.1. The maximum Gasteiger partial charge on any atom is 0.408 e. The molecule has 0 unspecified atom stereocenters. The van der Waals surface area contributed by atoms with E-state index in [1.165, 1.54) is 0 Å². The molecule has 0 saturated carbocycles. The molecule has 0 bridgehead atoms. The smallest absolute Gasteiger partial charge is 0.408 e. The third-order valence-electron chi connectivity index (χ3n) is 6.28. The molecular formula is C25H30N2O6. The van der Waals surface area contributed by atoms with Gasteiger partial charge in [-0.3, -0.25) is 9.59 Å². The van der Waals surface area contributed by atoms with E-state index >= 15 is 0 Å². The van der Waals surface area contributed by atoms with Crippen LogP contribution in [0, 0.1) is 0 Å².